The first-order chi connectivity index (χ1) is 14.2. The smallest absolute Gasteiger partial charge is 0.347 e. The zero-order valence-corrected chi connectivity index (χ0v) is 17.0. The minimum atomic E-state index is -4.63. The number of thiophene rings is 1. The summed E-state index contributed by atoms with van der Waals surface area (Å²) in [5.74, 6) is -0.430. The number of aryl methyl sites for hydroxylation is 1. The Morgan fingerprint density at radius 3 is 2.57 bits per heavy atom. The number of aromatic nitrogens is 4. The van der Waals surface area contributed by atoms with Crippen LogP contribution in [0.25, 0.3) is 15.9 Å². The maximum absolute atomic E-state index is 13.5. The fraction of sp³-hybridized carbons (Fsp3) is 0.250. The standard InChI is InChI=1S/C20H18F3N5OS/c1-12-8-9-27(25-12)11-13(2)24-18(29)16-10-15-17(20(21,22)23)26-28(19(15)30-16)14-6-4-3-5-7-14/h3-10,13H,11H2,1-2H3,(H,24,29)/t13-/m1/s1. The summed E-state index contributed by atoms with van der Waals surface area (Å²) < 4.78 is 43.5. The van der Waals surface area contributed by atoms with Gasteiger partial charge in [-0.25, -0.2) is 4.68 Å². The molecule has 1 amide bonds. The van der Waals surface area contributed by atoms with Crippen molar-refractivity contribution >= 4 is 27.5 Å². The summed E-state index contributed by atoms with van der Waals surface area (Å²) in [5, 5.41) is 10.8. The van der Waals surface area contributed by atoms with Crippen LogP contribution in [0, 0.1) is 6.92 Å². The fourth-order valence-electron chi connectivity index (χ4n) is 3.16. The molecule has 0 spiro atoms. The third-order valence-corrected chi connectivity index (χ3v) is 5.57. The van der Waals surface area contributed by atoms with Gasteiger partial charge in [-0.1, -0.05) is 18.2 Å². The van der Waals surface area contributed by atoms with Crippen LogP contribution in [0.2, 0.25) is 0 Å². The van der Waals surface area contributed by atoms with Crippen molar-refractivity contribution in [1.82, 2.24) is 24.9 Å². The lowest BCUT2D eigenvalue weighted by atomic mass is 10.2. The molecular formula is C20H18F3N5OS. The molecule has 1 aromatic carbocycles. The van der Waals surface area contributed by atoms with Crippen LogP contribution >= 0.6 is 11.3 Å². The van der Waals surface area contributed by atoms with Crippen LogP contribution in [0.4, 0.5) is 13.2 Å². The number of nitrogens with zero attached hydrogens (tertiary/aromatic N) is 4. The van der Waals surface area contributed by atoms with Gasteiger partial charge in [-0.2, -0.15) is 23.4 Å². The van der Waals surface area contributed by atoms with Crippen LogP contribution in [0.15, 0.2) is 48.7 Å². The van der Waals surface area contributed by atoms with Crippen LogP contribution in [0.3, 0.4) is 0 Å². The minimum Gasteiger partial charge on any atom is -0.347 e. The molecule has 156 valence electrons. The van der Waals surface area contributed by atoms with E-state index < -0.39 is 17.8 Å². The molecule has 4 aromatic rings. The molecule has 0 aliphatic carbocycles. The quantitative estimate of drug-likeness (QED) is 0.507. The lowest BCUT2D eigenvalue weighted by Crippen LogP contribution is -2.35. The molecular weight excluding hydrogens is 415 g/mol. The molecule has 3 aromatic heterocycles. The minimum absolute atomic E-state index is 0.0862. The zero-order valence-electron chi connectivity index (χ0n) is 16.1. The third kappa shape index (κ3) is 3.95. The summed E-state index contributed by atoms with van der Waals surface area (Å²) in [6.07, 6.45) is -2.82. The van der Waals surface area contributed by atoms with E-state index in [0.717, 1.165) is 17.0 Å². The number of alkyl halides is 3. The van der Waals surface area contributed by atoms with E-state index in [4.69, 9.17) is 0 Å². The van der Waals surface area contributed by atoms with Crippen molar-refractivity contribution in [2.45, 2.75) is 32.6 Å². The maximum Gasteiger partial charge on any atom is 0.435 e. The van der Waals surface area contributed by atoms with E-state index in [1.807, 2.05) is 26.1 Å². The van der Waals surface area contributed by atoms with Gasteiger partial charge in [-0.05, 0) is 38.1 Å². The van der Waals surface area contributed by atoms with Crippen LogP contribution in [0.1, 0.15) is 28.0 Å². The topological polar surface area (TPSA) is 64.7 Å². The molecule has 30 heavy (non-hydrogen) atoms. The summed E-state index contributed by atoms with van der Waals surface area (Å²) in [5.41, 5.74) is 0.356. The van der Waals surface area contributed by atoms with Crippen molar-refractivity contribution in [3.8, 4) is 5.69 Å². The van der Waals surface area contributed by atoms with Gasteiger partial charge in [0.05, 0.1) is 22.8 Å². The molecule has 6 nitrogen and oxygen atoms in total. The molecule has 10 heteroatoms. The van der Waals surface area contributed by atoms with Gasteiger partial charge in [0.1, 0.15) is 4.83 Å². The molecule has 0 saturated heterocycles. The van der Waals surface area contributed by atoms with Crippen molar-refractivity contribution in [1.29, 1.82) is 0 Å². The highest BCUT2D eigenvalue weighted by molar-refractivity contribution is 7.20. The third-order valence-electron chi connectivity index (χ3n) is 4.47. The van der Waals surface area contributed by atoms with Crippen molar-refractivity contribution < 1.29 is 18.0 Å². The summed E-state index contributed by atoms with van der Waals surface area (Å²) in [7, 11) is 0. The van der Waals surface area contributed by atoms with Gasteiger partial charge in [0.2, 0.25) is 0 Å². The second kappa shape index (κ2) is 7.60. The van der Waals surface area contributed by atoms with Gasteiger partial charge >= 0.3 is 6.18 Å². The zero-order chi connectivity index (χ0) is 21.5. The number of benzene rings is 1. The normalized spacial score (nSPS) is 13.0. The molecule has 1 atom stereocenters. The average molecular weight is 433 g/mol. The Balaban J connectivity index is 1.65. The van der Waals surface area contributed by atoms with E-state index in [9.17, 15) is 18.0 Å². The van der Waals surface area contributed by atoms with Crippen LogP contribution in [-0.2, 0) is 12.7 Å². The van der Waals surface area contributed by atoms with E-state index in [2.05, 4.69) is 15.5 Å². The first kappa shape index (κ1) is 20.1. The largest absolute Gasteiger partial charge is 0.435 e. The fourth-order valence-corrected chi connectivity index (χ4v) is 4.19. The number of rotatable bonds is 5. The summed E-state index contributed by atoms with van der Waals surface area (Å²) in [6.45, 7) is 4.14. The number of para-hydroxylation sites is 1. The number of fused-ring (bicyclic) bond motifs is 1. The molecule has 0 fully saturated rings. The van der Waals surface area contributed by atoms with Gasteiger partial charge in [0.25, 0.3) is 5.91 Å². The first-order valence-corrected chi connectivity index (χ1v) is 10.00. The van der Waals surface area contributed by atoms with Crippen LogP contribution in [0.5, 0.6) is 0 Å². The number of carbonyl (C=O) groups is 1. The van der Waals surface area contributed by atoms with Crippen molar-refractivity contribution in [2.24, 2.45) is 0 Å². The summed E-state index contributed by atoms with van der Waals surface area (Å²) in [4.78, 5) is 13.2. The maximum atomic E-state index is 13.5. The van der Waals surface area contributed by atoms with E-state index in [0.29, 0.717) is 12.2 Å². The van der Waals surface area contributed by atoms with Crippen molar-refractivity contribution in [3.05, 3.63) is 64.9 Å². The number of hydrogen-bond acceptors (Lipinski definition) is 4. The molecule has 1 N–H and O–H groups in total. The Hall–Kier alpha value is -3.14. The molecule has 4 rings (SSSR count). The molecule has 0 aliphatic heterocycles. The number of nitrogens with one attached hydrogen (secondary N) is 1. The second-order valence-corrected chi connectivity index (χ2v) is 8.01. The van der Waals surface area contributed by atoms with E-state index >= 15 is 0 Å². The van der Waals surface area contributed by atoms with Gasteiger partial charge in [0.15, 0.2) is 5.69 Å². The lowest BCUT2D eigenvalue weighted by molar-refractivity contribution is -0.140. The molecule has 0 bridgehead atoms. The Labute approximate surface area is 173 Å². The lowest BCUT2D eigenvalue weighted by Gasteiger charge is -2.13. The second-order valence-electron chi connectivity index (χ2n) is 6.98. The van der Waals surface area contributed by atoms with E-state index in [1.165, 1.54) is 10.7 Å². The van der Waals surface area contributed by atoms with E-state index in [-0.39, 0.29) is 21.1 Å². The highest BCUT2D eigenvalue weighted by atomic mass is 32.1. The van der Waals surface area contributed by atoms with Crippen LogP contribution in [-0.4, -0.2) is 31.5 Å². The van der Waals surface area contributed by atoms with Gasteiger partial charge in [-0.3, -0.25) is 9.48 Å². The highest BCUT2D eigenvalue weighted by Gasteiger charge is 2.38. The first-order valence-electron chi connectivity index (χ1n) is 9.18. The Kier molecular flexibility index (Phi) is 5.10. The van der Waals surface area contributed by atoms with Gasteiger partial charge < -0.3 is 5.32 Å². The number of halogens is 3. The molecule has 0 aliphatic rings. The summed E-state index contributed by atoms with van der Waals surface area (Å²) >= 11 is 0.982. The Bertz CT molecular complexity index is 1190. The molecule has 0 saturated carbocycles. The molecule has 0 unspecified atom stereocenters. The van der Waals surface area contributed by atoms with Crippen molar-refractivity contribution in [2.75, 3.05) is 0 Å². The average Bonchev–Trinajstić information content (AvgIpc) is 3.36. The van der Waals surface area contributed by atoms with Crippen molar-refractivity contribution in [3.63, 3.8) is 0 Å². The highest BCUT2D eigenvalue weighted by Crippen LogP contribution is 2.38. The van der Waals surface area contributed by atoms with Gasteiger partial charge in [-0.15, -0.1) is 11.3 Å². The van der Waals surface area contributed by atoms with Crippen LogP contribution < -0.4 is 5.32 Å². The predicted octanol–water partition coefficient (Wildman–Crippen LogP) is 4.43. The monoisotopic (exact) mass is 433 g/mol. The summed E-state index contributed by atoms with van der Waals surface area (Å²) in [6, 6.07) is 11.4. The SMILES string of the molecule is Cc1ccn(C[C@@H](C)NC(=O)c2cc3c(C(F)(F)F)nn(-c4ccccc4)c3s2)n1. The predicted molar refractivity (Wildman–Crippen MR) is 108 cm³/mol. The molecule has 0 radical (unpaired) electrons. The van der Waals surface area contributed by atoms with Gasteiger partial charge in [0, 0.05) is 17.6 Å². The molecule has 3 heterocycles. The number of carbonyl (C=O) groups excluding carboxylic acids is 1. The Morgan fingerprint density at radius 2 is 1.93 bits per heavy atom. The number of amides is 1. The number of hydrogen-bond donors (Lipinski definition) is 1. The van der Waals surface area contributed by atoms with E-state index in [1.54, 1.807) is 35.0 Å². The Morgan fingerprint density at radius 1 is 1.20 bits per heavy atom.